The van der Waals surface area contributed by atoms with Crippen molar-refractivity contribution in [3.8, 4) is 0 Å². The molecule has 570 valence electrons. The summed E-state index contributed by atoms with van der Waals surface area (Å²) in [5.74, 6) is -2.29. The lowest BCUT2D eigenvalue weighted by Crippen LogP contribution is -2.30. The highest BCUT2D eigenvalue weighted by Gasteiger charge is 2.30. The van der Waals surface area contributed by atoms with Crippen LogP contribution in [0.15, 0.2) is 146 Å². The zero-order valence-electron chi connectivity index (χ0n) is 62.1. The van der Waals surface area contributed by atoms with Crippen molar-refractivity contribution in [3.05, 3.63) is 146 Å². The molecule has 0 aliphatic rings. The monoisotopic (exact) mass is 1440 g/mol. The molecule has 0 saturated carbocycles. The van der Waals surface area contributed by atoms with Gasteiger partial charge in [-0.3, -0.25) is 37.3 Å². The summed E-state index contributed by atoms with van der Waals surface area (Å²) >= 11 is 0. The van der Waals surface area contributed by atoms with Crippen LogP contribution >= 0.6 is 15.6 Å². The average molecular weight is 1440 g/mol. The molecule has 0 fully saturated rings. The molecule has 5 atom stereocenters. The van der Waals surface area contributed by atoms with E-state index in [9.17, 15) is 43.2 Å². The summed E-state index contributed by atoms with van der Waals surface area (Å²) in [7, 11) is -9.98. The first-order valence-electron chi connectivity index (χ1n) is 38.1. The second kappa shape index (κ2) is 72.3. The van der Waals surface area contributed by atoms with Gasteiger partial charge in [-0.15, -0.1) is 0 Å². The summed E-state index contributed by atoms with van der Waals surface area (Å²) in [4.78, 5) is 72.8. The van der Waals surface area contributed by atoms with Gasteiger partial charge < -0.3 is 33.8 Å². The number of carbonyl (C=O) groups excluding carboxylic acids is 4. The maximum absolute atomic E-state index is 13.1. The van der Waals surface area contributed by atoms with Gasteiger partial charge in [-0.25, -0.2) is 9.13 Å². The Morgan fingerprint density at radius 2 is 0.540 bits per heavy atom. The first-order chi connectivity index (χ1) is 48.7. The van der Waals surface area contributed by atoms with Gasteiger partial charge in [-0.2, -0.15) is 0 Å². The summed E-state index contributed by atoms with van der Waals surface area (Å²) in [5.41, 5.74) is 0. The predicted octanol–water partition coefficient (Wildman–Crippen LogP) is 21.9. The Morgan fingerprint density at radius 1 is 0.290 bits per heavy atom. The number of rotatable bonds is 70. The molecule has 5 unspecified atom stereocenters. The highest BCUT2D eigenvalue weighted by atomic mass is 31.2. The summed E-state index contributed by atoms with van der Waals surface area (Å²) in [6.45, 7) is 4.43. The second-order valence-corrected chi connectivity index (χ2v) is 27.7. The summed E-state index contributed by atoms with van der Waals surface area (Å²) in [6, 6.07) is 0. The molecule has 0 amide bonds. The Balaban J connectivity index is 5.42. The van der Waals surface area contributed by atoms with E-state index in [4.69, 9.17) is 37.0 Å². The van der Waals surface area contributed by atoms with E-state index >= 15 is 0 Å². The van der Waals surface area contributed by atoms with Crippen LogP contribution in [0.1, 0.15) is 285 Å². The van der Waals surface area contributed by atoms with Crippen LogP contribution in [0.5, 0.6) is 0 Å². The molecule has 0 spiro atoms. The summed E-state index contributed by atoms with van der Waals surface area (Å²) in [6.07, 6.45) is 81.3. The third kappa shape index (κ3) is 71.3. The largest absolute Gasteiger partial charge is 0.472 e. The Bertz CT molecular complexity index is 2470. The molecule has 0 aliphatic carbocycles. The molecule has 0 aromatic rings. The number of hydrogen-bond donors (Lipinski definition) is 3. The Labute approximate surface area is 605 Å². The second-order valence-electron chi connectivity index (χ2n) is 24.8. The Hall–Kier alpha value is -5.06. The standard InChI is InChI=1S/C81H134O17P2/c1-5-9-13-17-21-25-29-33-35-36-37-38-40-44-46-50-54-58-62-66-79(84)92-72-77(98-81(86)68-64-60-56-52-48-42-32-28-24-20-16-12-8-4)74-96-100(89,90)94-70-75(82)69-93-99(87,88)95-73-76(97-80(85)67-63-59-55-51-47-41-31-27-23-19-15-11-7-3)71-91-78(83)65-61-57-53-49-45-43-39-34-30-26-22-18-14-10-6-2/h9-10,13-15,19,21-22,25-28,31-35,37-39,44-46,49,75-77,82H,5-8,11-12,16-18,20,23-24,29-30,36,40-43,47-48,50-74H2,1-4H3,(H,87,88)(H,89,90)/b13-9-,14-10-,19-15-,25-21-,26-22-,31-27-,32-28-,35-33-,38-37-,39-34-,46-44-,49-45-. The van der Waals surface area contributed by atoms with E-state index in [0.717, 1.165) is 180 Å². The Morgan fingerprint density at radius 3 is 0.880 bits per heavy atom. The minimum absolute atomic E-state index is 0.0648. The van der Waals surface area contributed by atoms with Gasteiger partial charge in [0.25, 0.3) is 0 Å². The van der Waals surface area contributed by atoms with Crippen molar-refractivity contribution in [2.24, 2.45) is 0 Å². The number of phosphoric acid groups is 2. The first-order valence-corrected chi connectivity index (χ1v) is 41.1. The Kier molecular flexibility index (Phi) is 68.6. The molecule has 0 radical (unpaired) electrons. The number of ether oxygens (including phenoxy) is 4. The van der Waals surface area contributed by atoms with E-state index in [1.54, 1.807) is 0 Å². The molecule has 0 rings (SSSR count). The van der Waals surface area contributed by atoms with Crippen molar-refractivity contribution in [2.75, 3.05) is 39.6 Å². The fraction of sp³-hybridized carbons (Fsp3) is 0.654. The molecule has 100 heavy (non-hydrogen) atoms. The van der Waals surface area contributed by atoms with Crippen molar-refractivity contribution in [3.63, 3.8) is 0 Å². The van der Waals surface area contributed by atoms with Crippen LogP contribution in [0.2, 0.25) is 0 Å². The van der Waals surface area contributed by atoms with Crippen molar-refractivity contribution < 1.29 is 80.2 Å². The third-order valence-corrected chi connectivity index (χ3v) is 17.2. The molecule has 0 aliphatic heterocycles. The zero-order chi connectivity index (χ0) is 73.2. The molecule has 0 bridgehead atoms. The molecule has 0 heterocycles. The fourth-order valence-electron chi connectivity index (χ4n) is 9.50. The number of esters is 4. The van der Waals surface area contributed by atoms with Gasteiger partial charge in [-0.05, 0) is 161 Å². The van der Waals surface area contributed by atoms with Gasteiger partial charge in [-0.1, -0.05) is 244 Å². The van der Waals surface area contributed by atoms with Crippen LogP contribution in [0.3, 0.4) is 0 Å². The number of aliphatic hydroxyl groups is 1. The molecule has 0 saturated heterocycles. The van der Waals surface area contributed by atoms with Gasteiger partial charge in [0.2, 0.25) is 0 Å². The van der Waals surface area contributed by atoms with Crippen molar-refractivity contribution >= 4 is 39.5 Å². The lowest BCUT2D eigenvalue weighted by Gasteiger charge is -2.21. The topological polar surface area (TPSA) is 237 Å². The highest BCUT2D eigenvalue weighted by Crippen LogP contribution is 2.45. The number of allylic oxidation sites excluding steroid dienone is 24. The van der Waals surface area contributed by atoms with Crippen LogP contribution in [-0.4, -0.2) is 96.7 Å². The molecule has 19 heteroatoms. The van der Waals surface area contributed by atoms with Crippen molar-refractivity contribution in [1.29, 1.82) is 0 Å². The van der Waals surface area contributed by atoms with Gasteiger partial charge in [0.15, 0.2) is 12.2 Å². The fourth-order valence-corrected chi connectivity index (χ4v) is 11.1. The minimum Gasteiger partial charge on any atom is -0.462 e. The number of unbranched alkanes of at least 4 members (excludes halogenated alkanes) is 20. The lowest BCUT2D eigenvalue weighted by molar-refractivity contribution is -0.161. The number of aliphatic hydroxyl groups excluding tert-OH is 1. The maximum atomic E-state index is 13.1. The molecular formula is C81H134O17P2. The molecule has 3 N–H and O–H groups in total. The van der Waals surface area contributed by atoms with Crippen LogP contribution in [-0.2, 0) is 65.4 Å². The van der Waals surface area contributed by atoms with Crippen LogP contribution in [0, 0.1) is 0 Å². The smallest absolute Gasteiger partial charge is 0.462 e. The van der Waals surface area contributed by atoms with Gasteiger partial charge in [0.1, 0.15) is 19.3 Å². The van der Waals surface area contributed by atoms with Crippen LogP contribution in [0.4, 0.5) is 0 Å². The molecular weight excluding hydrogens is 1310 g/mol. The SMILES string of the molecule is CC/C=C\C/C=C\C/C=C\C/C=C\C/C=C\CCCCCC(=O)OCC(COP(=O)(O)OCC(O)COP(=O)(O)OCC(COC(=O)CCCC/C=C\C/C=C\C/C=C\C/C=C\CC)OC(=O)CCCCCCC/C=C\C/C=C\CCC)OC(=O)CCCCCCC/C=C\CCCCCC. The van der Waals surface area contributed by atoms with E-state index in [-0.39, 0.29) is 25.7 Å². The van der Waals surface area contributed by atoms with Gasteiger partial charge in [0.05, 0.1) is 26.4 Å². The van der Waals surface area contributed by atoms with Crippen molar-refractivity contribution in [2.45, 2.75) is 303 Å². The van der Waals surface area contributed by atoms with Gasteiger partial charge in [0, 0.05) is 25.7 Å². The minimum atomic E-state index is -4.99. The van der Waals surface area contributed by atoms with E-state index in [2.05, 4.69) is 174 Å². The predicted molar refractivity (Wildman–Crippen MR) is 408 cm³/mol. The van der Waals surface area contributed by atoms with Crippen LogP contribution in [0.25, 0.3) is 0 Å². The maximum Gasteiger partial charge on any atom is 0.472 e. The zero-order valence-corrected chi connectivity index (χ0v) is 63.9. The first kappa shape index (κ1) is 94.9. The van der Waals surface area contributed by atoms with E-state index < -0.39 is 97.5 Å². The lowest BCUT2D eigenvalue weighted by atomic mass is 10.1. The number of phosphoric ester groups is 2. The molecule has 17 nitrogen and oxygen atoms in total. The van der Waals surface area contributed by atoms with E-state index in [1.165, 1.54) is 25.7 Å². The van der Waals surface area contributed by atoms with Crippen LogP contribution < -0.4 is 0 Å². The van der Waals surface area contributed by atoms with Crippen molar-refractivity contribution in [1.82, 2.24) is 0 Å². The summed E-state index contributed by atoms with van der Waals surface area (Å²) < 4.78 is 68.4. The van der Waals surface area contributed by atoms with Gasteiger partial charge >= 0.3 is 39.5 Å². The average Bonchev–Trinajstić information content (AvgIpc) is 0.935. The number of carbonyl (C=O) groups is 4. The number of hydrogen-bond acceptors (Lipinski definition) is 15. The quantitative estimate of drug-likeness (QED) is 0.0169. The van der Waals surface area contributed by atoms with E-state index in [0.29, 0.717) is 25.7 Å². The summed E-state index contributed by atoms with van der Waals surface area (Å²) in [5, 5.41) is 10.6. The molecule has 0 aromatic carbocycles. The third-order valence-electron chi connectivity index (χ3n) is 15.2. The van der Waals surface area contributed by atoms with E-state index in [1.807, 2.05) is 0 Å². The molecule has 0 aromatic heterocycles. The normalized spacial score (nSPS) is 14.8. The highest BCUT2D eigenvalue weighted by molar-refractivity contribution is 7.47.